The van der Waals surface area contributed by atoms with Gasteiger partial charge in [0.25, 0.3) is 5.78 Å². The van der Waals surface area contributed by atoms with Gasteiger partial charge in [0.2, 0.25) is 12.2 Å². The Morgan fingerprint density at radius 3 is 1.02 bits per heavy atom. The molecule has 0 bridgehead atoms. The molecule has 3 radical (unpaired) electrons. The highest BCUT2D eigenvalue weighted by Crippen LogP contribution is 2.44. The lowest BCUT2D eigenvalue weighted by Crippen LogP contribution is -2.44. The number of esters is 5. The first-order valence-corrected chi connectivity index (χ1v) is 47.4. The van der Waals surface area contributed by atoms with Crippen molar-refractivity contribution in [2.45, 2.75) is 100 Å². The van der Waals surface area contributed by atoms with E-state index in [0.29, 0.717) is 92.9 Å². The largest absolute Gasteiger partial charge is 0.480 e. The van der Waals surface area contributed by atoms with Crippen LogP contribution in [0.15, 0.2) is 127 Å². The molecular weight excluding hydrogens is 2310 g/mol. The van der Waals surface area contributed by atoms with Crippen LogP contribution in [0.3, 0.4) is 0 Å². The first kappa shape index (κ1) is 132. The molecule has 0 fully saturated rings. The van der Waals surface area contributed by atoms with Gasteiger partial charge >= 0.3 is 106 Å². The summed E-state index contributed by atoms with van der Waals surface area (Å²) in [6.45, 7) is 6.51. The Balaban J connectivity index is 0. The van der Waals surface area contributed by atoms with Gasteiger partial charge in [0.15, 0.2) is 12.3 Å². The molecule has 62 heteroatoms. The number of halogens is 27. The number of nitriles is 1. The van der Waals surface area contributed by atoms with Crippen LogP contribution in [0.5, 0.6) is 0 Å². The van der Waals surface area contributed by atoms with E-state index in [1.807, 2.05) is 17.5 Å². The van der Waals surface area contributed by atoms with E-state index in [2.05, 4.69) is 23.7 Å². The number of carbonyl (C=O) groups excluding carboxylic acids is 10. The third-order valence-electron chi connectivity index (χ3n) is 13.4. The number of aliphatic carboxylic acids is 2. The maximum absolute atomic E-state index is 13.5. The zero-order valence-corrected chi connectivity index (χ0v) is 84.7. The topological polar surface area (TPSA) is 402 Å². The lowest BCUT2D eigenvalue weighted by Gasteiger charge is -2.19. The van der Waals surface area contributed by atoms with Crippen LogP contribution in [-0.4, -0.2) is 163 Å². The van der Waals surface area contributed by atoms with Gasteiger partial charge in [0.1, 0.15) is 12.7 Å². The lowest BCUT2D eigenvalue weighted by molar-refractivity contribution is -0.178. The highest BCUT2D eigenvalue weighted by Gasteiger charge is 2.51. The van der Waals surface area contributed by atoms with Crippen molar-refractivity contribution in [3.63, 3.8) is 0 Å². The van der Waals surface area contributed by atoms with Crippen LogP contribution in [0, 0.1) is 11.3 Å². The number of aliphatic hydroxyl groups is 3. The molecule has 0 aliphatic rings. The van der Waals surface area contributed by atoms with Gasteiger partial charge in [-0.15, -0.1) is 113 Å². The predicted molar refractivity (Wildman–Crippen MR) is 493 cm³/mol. The number of hydrogen-bond acceptors (Lipinski definition) is 32. The number of hydrogen-bond donors (Lipinski definition) is 6. The van der Waals surface area contributed by atoms with E-state index in [4.69, 9.17) is 159 Å². The smallest absolute Gasteiger partial charge is 0.391 e. The molecule has 753 valence electrons. The van der Waals surface area contributed by atoms with Gasteiger partial charge in [-0.05, 0) is 173 Å². The van der Waals surface area contributed by atoms with E-state index in [-0.39, 0.29) is 81.6 Å². The molecular formula is C75H59BCl11F16N2O22S10. The number of thiophene rings is 10. The molecule has 0 saturated heterocycles. The Morgan fingerprint density at radius 2 is 0.737 bits per heavy atom. The number of alkyl halides is 16. The number of carbonyl (C=O) groups is 12. The first-order chi connectivity index (χ1) is 62.8. The fraction of sp³-hybridized carbons (Fsp3) is 0.293. The minimum absolute atomic E-state index is 0. The van der Waals surface area contributed by atoms with Gasteiger partial charge in [0, 0.05) is 8.41 Å². The van der Waals surface area contributed by atoms with Crippen LogP contribution in [0.25, 0.3) is 0 Å². The fourth-order valence-corrected chi connectivity index (χ4v) is 17.1. The van der Waals surface area contributed by atoms with Gasteiger partial charge in [-0.25, -0.2) is 28.8 Å². The third-order valence-corrected chi connectivity index (χ3v) is 26.4. The van der Waals surface area contributed by atoms with E-state index >= 15 is 0 Å². The molecule has 10 rings (SSSR count). The normalized spacial score (nSPS) is 11.6. The molecule has 0 aliphatic heterocycles. The number of ketones is 3. The second-order valence-corrected chi connectivity index (χ2v) is 40.4. The van der Waals surface area contributed by atoms with Gasteiger partial charge < -0.3 is 55.0 Å². The third kappa shape index (κ3) is 44.7. The minimum Gasteiger partial charge on any atom is -0.480 e. The summed E-state index contributed by atoms with van der Waals surface area (Å²) >= 11 is 66.9. The van der Waals surface area contributed by atoms with Crippen molar-refractivity contribution in [1.29, 1.82) is 5.26 Å². The van der Waals surface area contributed by atoms with Crippen LogP contribution in [0.2, 0.25) is 43.4 Å². The second-order valence-electron chi connectivity index (χ2n) is 23.0. The Bertz CT molecular complexity index is 5580. The second kappa shape index (κ2) is 62.5. The Hall–Kier alpha value is -6.90. The van der Waals surface area contributed by atoms with Gasteiger partial charge in [-0.2, -0.15) is 75.5 Å². The molecule has 137 heavy (non-hydrogen) atoms. The van der Waals surface area contributed by atoms with Crippen molar-refractivity contribution in [1.82, 2.24) is 0 Å². The molecule has 0 saturated carbocycles. The van der Waals surface area contributed by atoms with E-state index in [1.165, 1.54) is 81.4 Å². The number of nitrogens with zero attached hydrogens (tertiary/aromatic N) is 1. The number of carboxylic acids is 2. The van der Waals surface area contributed by atoms with Crippen LogP contribution < -0.4 is 5.73 Å². The molecule has 24 nitrogen and oxygen atoms in total. The molecule has 0 aromatic carbocycles. The van der Waals surface area contributed by atoms with Crippen LogP contribution >= 0.6 is 241 Å². The Kier molecular flexibility index (Phi) is 60.3. The van der Waals surface area contributed by atoms with Crippen molar-refractivity contribution < 1.29 is 177 Å². The quantitative estimate of drug-likeness (QED) is 0.00305. The first-order valence-electron chi connectivity index (χ1n) is 35.1. The Labute approximate surface area is 860 Å². The zero-order valence-electron chi connectivity index (χ0n) is 68.2. The molecule has 10 aromatic rings. The van der Waals surface area contributed by atoms with Crippen molar-refractivity contribution in [3.05, 3.63) is 214 Å². The minimum atomic E-state index is -4.01. The molecule has 10 aromatic heterocycles. The van der Waals surface area contributed by atoms with Crippen molar-refractivity contribution in [2.75, 3.05) is 39.6 Å². The van der Waals surface area contributed by atoms with E-state index in [0.717, 1.165) is 75.5 Å². The summed E-state index contributed by atoms with van der Waals surface area (Å²) in [7, 11) is 0. The van der Waals surface area contributed by atoms with E-state index in [1.54, 1.807) is 31.3 Å². The van der Waals surface area contributed by atoms with E-state index in [9.17, 15) is 133 Å². The monoisotopic (exact) mass is 2360 g/mol. The fourth-order valence-electron chi connectivity index (χ4n) is 7.28. The lowest BCUT2D eigenvalue weighted by atomic mass is 10.1. The van der Waals surface area contributed by atoms with Gasteiger partial charge in [-0.3, -0.25) is 28.8 Å². The summed E-state index contributed by atoms with van der Waals surface area (Å²) in [5.41, 5.74) is 4.85. The average molecular weight is 2370 g/mol. The number of Topliss-reactive ketones (excluding diaryl/α,β-unsaturated/α-hetero) is 3. The number of carboxylic acid groups (broad SMARTS) is 2. The Morgan fingerprint density at radius 1 is 0.416 bits per heavy atom. The van der Waals surface area contributed by atoms with Gasteiger partial charge in [0.05, 0.1) is 120 Å². The van der Waals surface area contributed by atoms with Crippen LogP contribution in [0.4, 0.5) is 70.2 Å². The zero-order chi connectivity index (χ0) is 105. The molecule has 0 amide bonds. The van der Waals surface area contributed by atoms with Gasteiger partial charge in [-0.1, -0.05) is 116 Å². The number of ether oxygens (including phenoxy) is 5. The predicted octanol–water partition coefficient (Wildman–Crippen LogP) is 24.2. The summed E-state index contributed by atoms with van der Waals surface area (Å²) in [5, 5.41) is 51.6. The highest BCUT2D eigenvalue weighted by molar-refractivity contribution is 7.20. The number of aldehydes is 1. The highest BCUT2D eigenvalue weighted by atomic mass is 35.5. The van der Waals surface area contributed by atoms with Crippen molar-refractivity contribution >= 4 is 320 Å². The maximum atomic E-state index is 13.5. The van der Waals surface area contributed by atoms with Crippen LogP contribution in [0.1, 0.15) is 83.3 Å². The average Bonchev–Trinajstić information content (AvgIpc) is 1.73. The molecule has 10 heterocycles. The molecule has 0 aliphatic carbocycles. The standard InChI is InChI=1S/C9H9ClF2O3S.C9H7ClF2O3S.C8H7ClF2O2S.C8H7ClO3S.C7H6ClF2NO2S.C7H4ClF2NOS.C7H3ClF2O3S.C6H5ClF2OS.C6H3ClF2OS.C4H5ClO3.C4H3ClS.B/c2*1-2-15-8(14)7(13)9(11,12)5-3-4-6(10)16-5;1-2-13-7(12)8(10,11)5-3-4-6(9)14-5;1-2-12-8(11)7(10)5-3-4-6(9)13-5;8-4-2-1-3(14-4)7(9,10)5(11)6(12)13;8-6-2-1-5(13-6)7(9,10)4(12)3-11;8-4-2-1-3(14-4)7(9,10)5(11)6(12)13;2*7-5-2-1-4(11-5)6(8,9)3-10;1-2-8-4(7)3(5)6;5-4-2-1-3-6-4;/h3-4,7,13H,2H2,1H3;3-4H,2H2,1H3;3-4H,2H2,1H3;3-4H,2H2,1H3;1-2,5H,11H2,(H,12,13);1-2,4,12H;1-2H,(H,12,13);1-2,10H,3H2;1-3H;2H2,1H3;1-3H;. The summed E-state index contributed by atoms with van der Waals surface area (Å²) in [4.78, 5) is 123. The summed E-state index contributed by atoms with van der Waals surface area (Å²) in [5.74, 6) is -43.7. The molecule has 0 spiro atoms. The van der Waals surface area contributed by atoms with Crippen LogP contribution in [-0.2, 0) is 124 Å². The molecule has 7 N–H and O–H groups in total. The number of aliphatic hydroxyl groups excluding tert-OH is 3. The number of nitrogens with two attached hydrogens (primary N) is 1. The summed E-state index contributed by atoms with van der Waals surface area (Å²) in [6.07, 6.45) is -5.24. The number of rotatable bonds is 28. The van der Waals surface area contributed by atoms with E-state index < -0.39 is 172 Å². The molecule has 3 atom stereocenters. The van der Waals surface area contributed by atoms with Crippen molar-refractivity contribution in [2.24, 2.45) is 5.73 Å². The summed E-state index contributed by atoms with van der Waals surface area (Å²) < 4.78 is 234. The van der Waals surface area contributed by atoms with Crippen molar-refractivity contribution in [3.8, 4) is 6.07 Å². The summed E-state index contributed by atoms with van der Waals surface area (Å²) in [6, 6.07) is 24.6. The molecule has 3 unspecified atom stereocenters. The SMILES string of the molecule is CCOC(=O)C(=O)C(F)(F)c1ccc(Cl)s1.CCOC(=O)C(=O)Cl.CCOC(=O)C(=O)c1ccc(Cl)s1.CCOC(=O)C(F)(F)c1ccc(Cl)s1.CCOC(=O)C(O)C(F)(F)c1ccc(Cl)s1.Clc1cccs1.N#CC(O)C(F)(F)c1ccc(Cl)s1.NC(C(=O)O)C(F)(F)c1ccc(Cl)s1.O=C(O)C(=O)C(F)(F)c1ccc(Cl)s1.O=CC(F)(F)c1ccc(Cl)s1.OCC(F)(F)c1ccc(Cl)s1.[B]. The maximum Gasteiger partial charge on any atom is 0.391 e.